The van der Waals surface area contributed by atoms with E-state index in [4.69, 9.17) is 5.73 Å². The lowest BCUT2D eigenvalue weighted by molar-refractivity contribution is 0.910. The van der Waals surface area contributed by atoms with E-state index in [-0.39, 0.29) is 0 Å². The van der Waals surface area contributed by atoms with Crippen molar-refractivity contribution in [2.45, 2.75) is 33.1 Å². The minimum absolute atomic E-state index is 1.04. The van der Waals surface area contributed by atoms with Crippen LogP contribution in [0.15, 0.2) is 22.9 Å². The highest BCUT2D eigenvalue weighted by Crippen LogP contribution is 2.24. The molecule has 0 aromatic rings. The van der Waals surface area contributed by atoms with Crippen LogP contribution in [0.1, 0.15) is 33.1 Å². The Kier molecular flexibility index (Phi) is 2.15. The summed E-state index contributed by atoms with van der Waals surface area (Å²) < 4.78 is 0. The van der Waals surface area contributed by atoms with E-state index in [1.807, 2.05) is 0 Å². The van der Waals surface area contributed by atoms with E-state index in [2.05, 4.69) is 19.9 Å². The van der Waals surface area contributed by atoms with Gasteiger partial charge in [0.05, 0.1) is 0 Å². The Labute approximate surface area is 62.6 Å². The van der Waals surface area contributed by atoms with Gasteiger partial charge in [-0.2, -0.15) is 0 Å². The SMILES string of the molecule is CCCC1=CCC(C)=C1N. The van der Waals surface area contributed by atoms with Crippen molar-refractivity contribution in [2.24, 2.45) is 5.73 Å². The van der Waals surface area contributed by atoms with Gasteiger partial charge in [0.25, 0.3) is 0 Å². The summed E-state index contributed by atoms with van der Waals surface area (Å²) in [6.07, 6.45) is 5.65. The smallest absolute Gasteiger partial charge is 0.0335 e. The van der Waals surface area contributed by atoms with Gasteiger partial charge in [-0.25, -0.2) is 0 Å². The maximum Gasteiger partial charge on any atom is 0.0335 e. The van der Waals surface area contributed by atoms with E-state index in [0.717, 1.165) is 18.5 Å². The molecule has 0 spiro atoms. The van der Waals surface area contributed by atoms with Crippen LogP contribution in [0.2, 0.25) is 0 Å². The van der Waals surface area contributed by atoms with E-state index >= 15 is 0 Å². The Morgan fingerprint density at radius 1 is 1.60 bits per heavy atom. The van der Waals surface area contributed by atoms with Crippen LogP contribution >= 0.6 is 0 Å². The molecule has 0 aromatic carbocycles. The van der Waals surface area contributed by atoms with Gasteiger partial charge in [-0.15, -0.1) is 0 Å². The second-order valence-corrected chi connectivity index (χ2v) is 2.88. The quantitative estimate of drug-likeness (QED) is 0.621. The second kappa shape index (κ2) is 2.91. The summed E-state index contributed by atoms with van der Waals surface area (Å²) in [7, 11) is 0. The largest absolute Gasteiger partial charge is 0.399 e. The molecule has 0 unspecified atom stereocenters. The van der Waals surface area contributed by atoms with Crippen LogP contribution in [0, 0.1) is 0 Å². The number of rotatable bonds is 2. The lowest BCUT2D eigenvalue weighted by atomic mass is 10.1. The molecular formula is C9H15N. The average Bonchev–Trinajstić information content (AvgIpc) is 2.20. The molecule has 0 saturated heterocycles. The third-order valence-electron chi connectivity index (χ3n) is 1.98. The third-order valence-corrected chi connectivity index (χ3v) is 1.98. The summed E-state index contributed by atoms with van der Waals surface area (Å²) in [5.74, 6) is 0. The fraction of sp³-hybridized carbons (Fsp3) is 0.556. The molecule has 56 valence electrons. The van der Waals surface area contributed by atoms with E-state index in [0.29, 0.717) is 0 Å². The molecule has 1 heteroatoms. The number of hydrogen-bond acceptors (Lipinski definition) is 1. The first-order valence-corrected chi connectivity index (χ1v) is 3.90. The van der Waals surface area contributed by atoms with Gasteiger partial charge in [0, 0.05) is 5.70 Å². The molecule has 1 rings (SSSR count). The molecule has 1 aliphatic carbocycles. The Morgan fingerprint density at radius 2 is 2.30 bits per heavy atom. The average molecular weight is 137 g/mol. The van der Waals surface area contributed by atoms with Gasteiger partial charge in [0.15, 0.2) is 0 Å². The highest BCUT2D eigenvalue weighted by molar-refractivity contribution is 5.39. The fourth-order valence-electron chi connectivity index (χ4n) is 1.28. The standard InChI is InChI=1S/C9H15N/c1-3-4-8-6-5-7(2)9(8)10/h6H,3-5,10H2,1-2H3. The van der Waals surface area contributed by atoms with Gasteiger partial charge in [0.1, 0.15) is 0 Å². The van der Waals surface area contributed by atoms with E-state index in [1.54, 1.807) is 0 Å². The molecule has 2 N–H and O–H groups in total. The van der Waals surface area contributed by atoms with Crippen molar-refractivity contribution in [1.82, 2.24) is 0 Å². The first-order valence-electron chi connectivity index (χ1n) is 3.90. The zero-order valence-corrected chi connectivity index (χ0v) is 6.78. The monoisotopic (exact) mass is 137 g/mol. The van der Waals surface area contributed by atoms with Crippen molar-refractivity contribution in [3.8, 4) is 0 Å². The van der Waals surface area contributed by atoms with Gasteiger partial charge in [-0.05, 0) is 30.9 Å². The molecule has 0 aliphatic heterocycles. The minimum atomic E-state index is 1.04. The Bertz CT molecular complexity index is 187. The minimum Gasteiger partial charge on any atom is -0.399 e. The fourth-order valence-corrected chi connectivity index (χ4v) is 1.28. The van der Waals surface area contributed by atoms with Gasteiger partial charge < -0.3 is 5.73 Å². The zero-order chi connectivity index (χ0) is 7.56. The first kappa shape index (κ1) is 7.39. The molecule has 1 aliphatic rings. The summed E-state index contributed by atoms with van der Waals surface area (Å²) in [5.41, 5.74) is 9.56. The molecule has 0 amide bonds. The van der Waals surface area contributed by atoms with E-state index < -0.39 is 0 Å². The lowest BCUT2D eigenvalue weighted by Gasteiger charge is -2.01. The van der Waals surface area contributed by atoms with Crippen LogP contribution in [0.25, 0.3) is 0 Å². The van der Waals surface area contributed by atoms with Crippen LogP contribution in [-0.2, 0) is 0 Å². The summed E-state index contributed by atoms with van der Waals surface area (Å²) >= 11 is 0. The maximum absolute atomic E-state index is 5.82. The Morgan fingerprint density at radius 3 is 2.70 bits per heavy atom. The normalized spacial score (nSPS) is 18.0. The highest BCUT2D eigenvalue weighted by atomic mass is 14.6. The molecule has 10 heavy (non-hydrogen) atoms. The predicted octanol–water partition coefficient (Wildman–Crippen LogP) is 2.35. The summed E-state index contributed by atoms with van der Waals surface area (Å²) in [6.45, 7) is 4.29. The summed E-state index contributed by atoms with van der Waals surface area (Å²) in [5, 5.41) is 0. The number of nitrogens with two attached hydrogens (primary N) is 1. The second-order valence-electron chi connectivity index (χ2n) is 2.88. The molecule has 0 heterocycles. The summed E-state index contributed by atoms with van der Waals surface area (Å²) in [4.78, 5) is 0. The highest BCUT2D eigenvalue weighted by Gasteiger charge is 2.09. The molecule has 0 saturated carbocycles. The topological polar surface area (TPSA) is 26.0 Å². The van der Waals surface area contributed by atoms with Crippen LogP contribution in [0.3, 0.4) is 0 Å². The van der Waals surface area contributed by atoms with Crippen LogP contribution < -0.4 is 5.73 Å². The maximum atomic E-state index is 5.82. The summed E-state index contributed by atoms with van der Waals surface area (Å²) in [6, 6.07) is 0. The molecular weight excluding hydrogens is 122 g/mol. The Balaban J connectivity index is 2.63. The van der Waals surface area contributed by atoms with Crippen molar-refractivity contribution in [1.29, 1.82) is 0 Å². The van der Waals surface area contributed by atoms with E-state index in [9.17, 15) is 0 Å². The van der Waals surface area contributed by atoms with Crippen molar-refractivity contribution in [3.05, 3.63) is 22.9 Å². The Hall–Kier alpha value is -0.720. The number of allylic oxidation sites excluding steroid dienone is 3. The molecule has 0 atom stereocenters. The zero-order valence-electron chi connectivity index (χ0n) is 6.78. The van der Waals surface area contributed by atoms with Gasteiger partial charge in [-0.1, -0.05) is 19.4 Å². The number of hydrogen-bond donors (Lipinski definition) is 1. The van der Waals surface area contributed by atoms with Gasteiger partial charge in [-0.3, -0.25) is 0 Å². The van der Waals surface area contributed by atoms with Crippen LogP contribution in [0.4, 0.5) is 0 Å². The van der Waals surface area contributed by atoms with Gasteiger partial charge in [0.2, 0.25) is 0 Å². The van der Waals surface area contributed by atoms with Crippen molar-refractivity contribution >= 4 is 0 Å². The lowest BCUT2D eigenvalue weighted by Crippen LogP contribution is -1.99. The third kappa shape index (κ3) is 1.23. The first-order chi connectivity index (χ1) is 4.75. The van der Waals surface area contributed by atoms with Crippen molar-refractivity contribution < 1.29 is 0 Å². The van der Waals surface area contributed by atoms with Crippen molar-refractivity contribution in [3.63, 3.8) is 0 Å². The van der Waals surface area contributed by atoms with Gasteiger partial charge >= 0.3 is 0 Å². The van der Waals surface area contributed by atoms with E-state index in [1.165, 1.54) is 17.6 Å². The molecule has 1 nitrogen and oxygen atoms in total. The molecule has 0 bridgehead atoms. The van der Waals surface area contributed by atoms with Crippen LogP contribution in [0.5, 0.6) is 0 Å². The predicted molar refractivity (Wildman–Crippen MR) is 44.5 cm³/mol. The van der Waals surface area contributed by atoms with Crippen LogP contribution in [-0.4, -0.2) is 0 Å². The molecule has 0 aromatic heterocycles. The van der Waals surface area contributed by atoms with Crippen molar-refractivity contribution in [2.75, 3.05) is 0 Å². The molecule has 0 radical (unpaired) electrons. The molecule has 0 fully saturated rings.